The molecular weight excluding hydrogens is 1710 g/mol. The van der Waals surface area contributed by atoms with Gasteiger partial charge in [0.1, 0.15) is 0 Å². The molecule has 0 bridgehead atoms. The van der Waals surface area contributed by atoms with Gasteiger partial charge in [0.05, 0.1) is 0 Å². The largest absolute Gasteiger partial charge is 0.103 e. The molecule has 0 aliphatic heterocycles. The highest BCUT2D eigenvalue weighted by atomic mass is 14.4. The molecule has 8 aromatic rings. The standard InChI is InChI=1S/C30H34.C28H36.C28H32.C28H30.C14H26.C14H24/c1-5-15-25(3)30(24-14-23-28-20-11-8-12-21-28)29(16-6-2)26(4)17-13-22-27-18-9-7-10-19-27;3*1-23-13-9-10-21-27(24(2)14-11-19-25-15-5-3-6-16-25)28(23)22-12-20-26-17-7-4-8-18-26;2*1-11-7-3-5-10-14-12(2)8-4-6-9-13(11)14/h5-15,17-25,29H,2,16H2,1,3-4H3;3-8,11-12,15-20,23-24,27-28H,9-10,13-14,21-22H2,1-2H3;3-8,11-12,14-20,22-23,27H,9-10,13,21H2,1-2H3;3-12,14-20,22-23,27H,13,21H2,1-2H3;11-14H,3-10H2,1-2H3;3,5,11-14H,4,6-10H2,1-2H3/b15-5+,22-13+,23-14+,26-17+,30-24-;19-11+,20-12+;2*19-11+,20-12+,24-14+,28-22-;;. The Balaban J connectivity index is 0.000000179. The van der Waals surface area contributed by atoms with E-state index < -0.39 is 0 Å². The van der Waals surface area contributed by atoms with E-state index in [9.17, 15) is 0 Å². The molecule has 0 spiro atoms. The summed E-state index contributed by atoms with van der Waals surface area (Å²) in [6, 6.07) is 84.3. The first-order chi connectivity index (χ1) is 69.4. The number of allylic oxidation sites excluding steroid dienone is 27. The Hall–Kier alpha value is -10.9. The Kier molecular flexibility index (Phi) is 52.6. The van der Waals surface area contributed by atoms with Gasteiger partial charge in [-0.1, -0.05) is 605 Å². The topological polar surface area (TPSA) is 0 Å². The minimum atomic E-state index is 0.328. The van der Waals surface area contributed by atoms with Gasteiger partial charge in [-0.2, -0.15) is 0 Å². The zero-order chi connectivity index (χ0) is 100. The van der Waals surface area contributed by atoms with E-state index in [2.05, 4.69) is 497 Å². The predicted octanol–water partition coefficient (Wildman–Crippen LogP) is 42.0. The van der Waals surface area contributed by atoms with Crippen molar-refractivity contribution in [3.05, 3.63) is 455 Å². The minimum absolute atomic E-state index is 0.328. The second kappa shape index (κ2) is 66.1. The van der Waals surface area contributed by atoms with Crippen molar-refractivity contribution in [1.82, 2.24) is 0 Å². The van der Waals surface area contributed by atoms with Crippen LogP contribution < -0.4 is 0 Å². The van der Waals surface area contributed by atoms with Gasteiger partial charge in [0, 0.05) is 17.8 Å². The van der Waals surface area contributed by atoms with Crippen LogP contribution in [0.2, 0.25) is 0 Å². The number of fused-ring (bicyclic) bond motifs is 2. The summed E-state index contributed by atoms with van der Waals surface area (Å²) in [6.07, 6.45) is 103. The Morgan fingerprint density at radius 2 is 0.662 bits per heavy atom. The highest BCUT2D eigenvalue weighted by Crippen LogP contribution is 2.47. The van der Waals surface area contributed by atoms with Gasteiger partial charge in [-0.3, -0.25) is 0 Å². The monoisotopic (exact) mass is 1890 g/mol. The van der Waals surface area contributed by atoms with Crippen molar-refractivity contribution in [2.75, 3.05) is 0 Å². The molecular formula is C142H182. The van der Waals surface area contributed by atoms with Crippen molar-refractivity contribution in [3.8, 4) is 0 Å². The van der Waals surface area contributed by atoms with Crippen LogP contribution in [0.1, 0.15) is 308 Å². The summed E-state index contributed by atoms with van der Waals surface area (Å²) in [4.78, 5) is 0. The number of hydrogen-bond acceptors (Lipinski definition) is 0. The van der Waals surface area contributed by atoms with E-state index in [1.165, 1.54) is 226 Å². The molecule has 5 saturated carbocycles. The smallest absolute Gasteiger partial charge is 0.00506 e. The lowest BCUT2D eigenvalue weighted by atomic mass is 9.72. The molecule has 0 N–H and O–H groups in total. The van der Waals surface area contributed by atoms with Crippen molar-refractivity contribution in [2.24, 2.45) is 107 Å². The van der Waals surface area contributed by atoms with Crippen LogP contribution in [0, 0.1) is 107 Å². The quantitative estimate of drug-likeness (QED) is 0.0273. The van der Waals surface area contributed by atoms with Gasteiger partial charge >= 0.3 is 0 Å². The van der Waals surface area contributed by atoms with E-state index in [-0.39, 0.29) is 0 Å². The SMILES string of the molecule is C/C(=C\C=C\c1ccccc1)C1CC=CCC(C)/C1=C/C=C/c1ccccc1.C/C(=C\C=C\c1ccccc1)C1CCCCC(C)/C1=C/C=C/c1ccccc1.C=CCC(/C(=C\C=C\c1ccccc1)C(C)/C=C/C)/C(C)=C/C=C/c1ccccc1.CC1CCCCC(C(C)C/C=C/c2ccccc2)C1C/C=C/c1ccccc1.CC1CCCCC2C(C)CC=CCC12.CC1CCCCC2C(C)CCCCC12. The Bertz CT molecular complexity index is 5270. The van der Waals surface area contributed by atoms with Crippen LogP contribution in [-0.4, -0.2) is 0 Å². The molecule has 0 saturated heterocycles. The highest BCUT2D eigenvalue weighted by Gasteiger charge is 2.36. The first-order valence-corrected chi connectivity index (χ1v) is 55.9. The average molecular weight is 1890 g/mol. The molecule has 0 radical (unpaired) electrons. The summed E-state index contributed by atoms with van der Waals surface area (Å²) in [7, 11) is 0. The van der Waals surface area contributed by atoms with E-state index in [0.29, 0.717) is 35.5 Å². The first-order valence-electron chi connectivity index (χ1n) is 55.9. The van der Waals surface area contributed by atoms with Gasteiger partial charge < -0.3 is 0 Å². The van der Waals surface area contributed by atoms with Crippen LogP contribution >= 0.6 is 0 Å². The molecule has 0 nitrogen and oxygen atoms in total. The van der Waals surface area contributed by atoms with Crippen molar-refractivity contribution in [2.45, 2.75) is 263 Å². The van der Waals surface area contributed by atoms with Gasteiger partial charge in [0.2, 0.25) is 0 Å². The Morgan fingerprint density at radius 3 is 1.11 bits per heavy atom. The summed E-state index contributed by atoms with van der Waals surface area (Å²) < 4.78 is 0. The van der Waals surface area contributed by atoms with Crippen LogP contribution in [0.3, 0.4) is 0 Å². The second-order valence-corrected chi connectivity index (χ2v) is 42.9. The van der Waals surface area contributed by atoms with E-state index in [0.717, 1.165) is 90.3 Å². The van der Waals surface area contributed by atoms with Gasteiger partial charge in [-0.25, -0.2) is 0 Å². The second-order valence-electron chi connectivity index (χ2n) is 42.9. The lowest BCUT2D eigenvalue weighted by Crippen LogP contribution is -2.25. The van der Waals surface area contributed by atoms with Gasteiger partial charge in [0.15, 0.2) is 0 Å². The van der Waals surface area contributed by atoms with Crippen molar-refractivity contribution in [1.29, 1.82) is 0 Å². The Morgan fingerprint density at radius 1 is 0.317 bits per heavy atom. The van der Waals surface area contributed by atoms with Gasteiger partial charge in [0.25, 0.3) is 0 Å². The molecule has 18 atom stereocenters. The van der Waals surface area contributed by atoms with E-state index in [1.54, 1.807) is 5.57 Å². The predicted molar refractivity (Wildman–Crippen MR) is 631 cm³/mol. The first kappa shape index (κ1) is 113. The van der Waals surface area contributed by atoms with Crippen LogP contribution in [0.15, 0.2) is 410 Å². The summed E-state index contributed by atoms with van der Waals surface area (Å²) in [5, 5.41) is 0. The maximum atomic E-state index is 4.02. The van der Waals surface area contributed by atoms with Crippen LogP contribution in [-0.2, 0) is 0 Å². The zero-order valence-corrected chi connectivity index (χ0v) is 90.0. The van der Waals surface area contributed by atoms with Crippen molar-refractivity contribution < 1.29 is 0 Å². The molecule has 0 aromatic heterocycles. The van der Waals surface area contributed by atoms with Crippen LogP contribution in [0.5, 0.6) is 0 Å². The third kappa shape index (κ3) is 40.7. The Labute approximate surface area is 867 Å². The number of hydrogen-bond donors (Lipinski definition) is 0. The summed E-state index contributed by atoms with van der Waals surface area (Å²) in [5.74, 6) is 14.2. The zero-order valence-electron chi connectivity index (χ0n) is 90.0. The molecule has 0 heterocycles. The van der Waals surface area contributed by atoms with E-state index in [4.69, 9.17) is 0 Å². The molecule has 0 heteroatoms. The van der Waals surface area contributed by atoms with Crippen LogP contribution in [0.25, 0.3) is 48.6 Å². The lowest BCUT2D eigenvalue weighted by molar-refractivity contribution is 0.182. The molecule has 7 aliphatic rings. The normalized spacial score (nSPS) is 25.7. The van der Waals surface area contributed by atoms with Gasteiger partial charge in [-0.05, 0) is 244 Å². The van der Waals surface area contributed by atoms with Gasteiger partial charge in [-0.15, -0.1) is 6.58 Å². The molecule has 8 aromatic carbocycles. The molecule has 142 heavy (non-hydrogen) atoms. The maximum absolute atomic E-state index is 4.02. The third-order valence-corrected chi connectivity index (χ3v) is 32.3. The van der Waals surface area contributed by atoms with E-state index in [1.807, 2.05) is 18.2 Å². The molecule has 5 fully saturated rings. The maximum Gasteiger partial charge on any atom is 0.00506 e. The minimum Gasteiger partial charge on any atom is -0.103 e. The number of rotatable bonds is 27. The van der Waals surface area contributed by atoms with Crippen molar-refractivity contribution in [3.63, 3.8) is 0 Å². The summed E-state index contributed by atoms with van der Waals surface area (Å²) in [6.45, 7) is 34.8. The fraction of sp³-hybridized carbons (Fsp3) is 0.408. The summed E-state index contributed by atoms with van der Waals surface area (Å²) >= 11 is 0. The molecule has 18 unspecified atom stereocenters. The fourth-order valence-corrected chi connectivity index (χ4v) is 23.7. The average Bonchev–Trinajstić information content (AvgIpc) is 1.72. The molecule has 15 rings (SSSR count). The third-order valence-electron chi connectivity index (χ3n) is 32.3. The molecule has 750 valence electrons. The highest BCUT2D eigenvalue weighted by molar-refractivity contribution is 5.57. The number of benzene rings is 8. The molecule has 7 aliphatic carbocycles. The van der Waals surface area contributed by atoms with Crippen molar-refractivity contribution >= 4 is 48.6 Å². The summed E-state index contributed by atoms with van der Waals surface area (Å²) in [5.41, 5.74) is 18.8. The fourth-order valence-electron chi connectivity index (χ4n) is 23.7. The van der Waals surface area contributed by atoms with E-state index >= 15 is 0 Å². The van der Waals surface area contributed by atoms with Crippen LogP contribution in [0.4, 0.5) is 0 Å². The molecule has 0 amide bonds. The lowest BCUT2D eigenvalue weighted by Gasteiger charge is -2.33.